The van der Waals surface area contributed by atoms with Crippen molar-refractivity contribution in [3.63, 3.8) is 0 Å². The van der Waals surface area contributed by atoms with Crippen molar-refractivity contribution in [2.24, 2.45) is 0 Å². The van der Waals surface area contributed by atoms with Gasteiger partial charge in [-0.25, -0.2) is 4.98 Å². The fraction of sp³-hybridized carbons (Fsp3) is 0.400. The Morgan fingerprint density at radius 2 is 1.85 bits per heavy atom. The van der Waals surface area contributed by atoms with Crippen LogP contribution in [0.4, 0.5) is 5.13 Å². The van der Waals surface area contributed by atoms with E-state index in [0.717, 1.165) is 61.4 Å². The summed E-state index contributed by atoms with van der Waals surface area (Å²) in [5.41, 5.74) is 2.22. The van der Waals surface area contributed by atoms with Crippen molar-refractivity contribution in [3.8, 4) is 0 Å². The van der Waals surface area contributed by atoms with Crippen LogP contribution in [0.1, 0.15) is 23.4 Å². The van der Waals surface area contributed by atoms with Crippen LogP contribution >= 0.6 is 23.1 Å². The highest BCUT2D eigenvalue weighted by Gasteiger charge is 2.17. The number of aromatic nitrogens is 2. The number of benzene rings is 2. The molecule has 180 valence electrons. The zero-order valence-electron chi connectivity index (χ0n) is 19.2. The standard InChI is InChI=1S/C25H30ClN5O2S/c26-22-9-7-20(8-10-22)17-23-28-25(34-29-23)31(18-21-5-2-1-3-6-21)19-24(32)27-11-4-12-30-13-15-33-16-14-30/h1-3,5-10H,4,11-19H2,(H,27,32). The first kappa shape index (κ1) is 24.6. The minimum absolute atomic E-state index is 0.00707. The van der Waals surface area contributed by atoms with Crippen molar-refractivity contribution >= 4 is 34.2 Å². The Bertz CT molecular complexity index is 1030. The van der Waals surface area contributed by atoms with Gasteiger partial charge in [-0.1, -0.05) is 54.1 Å². The maximum absolute atomic E-state index is 12.8. The van der Waals surface area contributed by atoms with Gasteiger partial charge in [0.05, 0.1) is 19.8 Å². The van der Waals surface area contributed by atoms with E-state index in [1.54, 1.807) is 0 Å². The summed E-state index contributed by atoms with van der Waals surface area (Å²) in [7, 11) is 0. The fourth-order valence-electron chi connectivity index (χ4n) is 3.81. The van der Waals surface area contributed by atoms with E-state index in [4.69, 9.17) is 21.3 Å². The minimum atomic E-state index is -0.00707. The molecule has 2 aromatic carbocycles. The van der Waals surface area contributed by atoms with Crippen LogP contribution in [-0.2, 0) is 22.5 Å². The molecule has 2 heterocycles. The second-order valence-electron chi connectivity index (χ2n) is 8.30. The van der Waals surface area contributed by atoms with E-state index >= 15 is 0 Å². The molecule has 0 atom stereocenters. The molecule has 3 aromatic rings. The monoisotopic (exact) mass is 499 g/mol. The van der Waals surface area contributed by atoms with Crippen LogP contribution < -0.4 is 10.2 Å². The summed E-state index contributed by atoms with van der Waals surface area (Å²) < 4.78 is 9.93. The van der Waals surface area contributed by atoms with Crippen molar-refractivity contribution in [2.45, 2.75) is 19.4 Å². The molecule has 1 aliphatic rings. The Morgan fingerprint density at radius 1 is 1.09 bits per heavy atom. The van der Waals surface area contributed by atoms with Gasteiger partial charge in [0.1, 0.15) is 5.82 Å². The van der Waals surface area contributed by atoms with Gasteiger partial charge in [0.2, 0.25) is 11.0 Å². The summed E-state index contributed by atoms with van der Waals surface area (Å²) >= 11 is 7.32. The smallest absolute Gasteiger partial charge is 0.239 e. The molecule has 4 rings (SSSR count). The lowest BCUT2D eigenvalue weighted by atomic mass is 10.1. The van der Waals surface area contributed by atoms with Gasteiger partial charge < -0.3 is 15.0 Å². The highest BCUT2D eigenvalue weighted by Crippen LogP contribution is 2.21. The number of nitrogens with zero attached hydrogens (tertiary/aromatic N) is 4. The largest absolute Gasteiger partial charge is 0.379 e. The first-order chi connectivity index (χ1) is 16.7. The predicted octanol–water partition coefficient (Wildman–Crippen LogP) is 3.63. The van der Waals surface area contributed by atoms with Crippen molar-refractivity contribution in [1.82, 2.24) is 19.6 Å². The quantitative estimate of drug-likeness (QED) is 0.406. The summed E-state index contributed by atoms with van der Waals surface area (Å²) in [6.45, 7) is 5.99. The van der Waals surface area contributed by atoms with E-state index < -0.39 is 0 Å². The van der Waals surface area contributed by atoms with Crippen molar-refractivity contribution in [3.05, 3.63) is 76.6 Å². The summed E-state index contributed by atoms with van der Waals surface area (Å²) in [4.78, 5) is 21.9. The summed E-state index contributed by atoms with van der Waals surface area (Å²) in [5.74, 6) is 0.735. The molecule has 34 heavy (non-hydrogen) atoms. The lowest BCUT2D eigenvalue weighted by Gasteiger charge is -2.26. The third-order valence-electron chi connectivity index (χ3n) is 5.63. The zero-order valence-corrected chi connectivity index (χ0v) is 20.7. The predicted molar refractivity (Wildman–Crippen MR) is 137 cm³/mol. The number of morpholine rings is 1. The van der Waals surface area contributed by atoms with Gasteiger partial charge in [-0.2, -0.15) is 4.37 Å². The molecule has 0 aliphatic carbocycles. The molecule has 0 bridgehead atoms. The maximum atomic E-state index is 12.8. The van der Waals surface area contributed by atoms with Gasteiger partial charge in [0.15, 0.2) is 0 Å². The minimum Gasteiger partial charge on any atom is -0.379 e. The van der Waals surface area contributed by atoms with Gasteiger partial charge in [-0.3, -0.25) is 9.69 Å². The van der Waals surface area contributed by atoms with Crippen LogP contribution in [0, 0.1) is 0 Å². The summed E-state index contributed by atoms with van der Waals surface area (Å²) in [5, 5.41) is 4.52. The number of hydrogen-bond donors (Lipinski definition) is 1. The average molecular weight is 500 g/mol. The lowest BCUT2D eigenvalue weighted by molar-refractivity contribution is -0.119. The SMILES string of the molecule is O=C(CN(Cc1ccccc1)c1nc(Cc2ccc(Cl)cc2)ns1)NCCCN1CCOCC1. The molecule has 0 spiro atoms. The van der Waals surface area contributed by atoms with E-state index in [2.05, 4.69) is 26.7 Å². The molecule has 0 unspecified atom stereocenters. The van der Waals surface area contributed by atoms with Crippen LogP contribution in [-0.4, -0.2) is 66.1 Å². The number of hydrogen-bond acceptors (Lipinski definition) is 7. The molecule has 1 amide bonds. The number of nitrogens with one attached hydrogen (secondary N) is 1. The molecule has 7 nitrogen and oxygen atoms in total. The maximum Gasteiger partial charge on any atom is 0.239 e. The van der Waals surface area contributed by atoms with Gasteiger partial charge in [-0.15, -0.1) is 0 Å². The lowest BCUT2D eigenvalue weighted by Crippen LogP contribution is -2.40. The number of ether oxygens (including phenoxy) is 1. The Balaban J connectivity index is 1.34. The number of rotatable bonds is 11. The molecule has 0 saturated carbocycles. The summed E-state index contributed by atoms with van der Waals surface area (Å²) in [6.07, 6.45) is 1.55. The number of carbonyl (C=O) groups is 1. The molecular formula is C25H30ClN5O2S. The Labute approximate surface area is 209 Å². The molecule has 0 radical (unpaired) electrons. The van der Waals surface area contributed by atoms with E-state index in [-0.39, 0.29) is 12.5 Å². The molecule has 1 fully saturated rings. The highest BCUT2D eigenvalue weighted by atomic mass is 35.5. The third kappa shape index (κ3) is 7.77. The zero-order chi connectivity index (χ0) is 23.6. The van der Waals surface area contributed by atoms with E-state index in [0.29, 0.717) is 24.5 Å². The average Bonchev–Trinajstić information content (AvgIpc) is 3.33. The Kier molecular flexibility index (Phi) is 9.27. The number of amides is 1. The topological polar surface area (TPSA) is 70.6 Å². The second-order valence-corrected chi connectivity index (χ2v) is 9.46. The van der Waals surface area contributed by atoms with Crippen LogP contribution in [0.25, 0.3) is 0 Å². The van der Waals surface area contributed by atoms with Gasteiger partial charge >= 0.3 is 0 Å². The normalized spacial score (nSPS) is 14.1. The molecule has 1 saturated heterocycles. The number of carbonyl (C=O) groups excluding carboxylic acids is 1. The van der Waals surface area contributed by atoms with Crippen LogP contribution in [0.15, 0.2) is 54.6 Å². The van der Waals surface area contributed by atoms with Crippen molar-refractivity contribution in [1.29, 1.82) is 0 Å². The first-order valence-electron chi connectivity index (χ1n) is 11.6. The molecular weight excluding hydrogens is 470 g/mol. The van der Waals surface area contributed by atoms with Gasteiger partial charge in [0.25, 0.3) is 0 Å². The molecule has 1 aromatic heterocycles. The summed E-state index contributed by atoms with van der Waals surface area (Å²) in [6, 6.07) is 17.8. The fourth-order valence-corrected chi connectivity index (χ4v) is 4.62. The Hall–Kier alpha value is -2.52. The van der Waals surface area contributed by atoms with Gasteiger partial charge in [-0.05, 0) is 36.2 Å². The highest BCUT2D eigenvalue weighted by molar-refractivity contribution is 7.09. The van der Waals surface area contributed by atoms with E-state index in [1.807, 2.05) is 47.4 Å². The van der Waals surface area contributed by atoms with E-state index in [9.17, 15) is 4.79 Å². The second kappa shape index (κ2) is 12.8. The van der Waals surface area contributed by atoms with Crippen LogP contribution in [0.3, 0.4) is 0 Å². The van der Waals surface area contributed by atoms with Crippen molar-refractivity contribution < 1.29 is 9.53 Å². The molecule has 1 aliphatic heterocycles. The van der Waals surface area contributed by atoms with Gasteiger partial charge in [0, 0.05) is 49.2 Å². The number of anilines is 1. The van der Waals surface area contributed by atoms with E-state index in [1.165, 1.54) is 11.5 Å². The Morgan fingerprint density at radius 3 is 2.62 bits per heavy atom. The molecule has 1 N–H and O–H groups in total. The van der Waals surface area contributed by atoms with Crippen molar-refractivity contribution in [2.75, 3.05) is 50.8 Å². The molecule has 9 heteroatoms. The van der Waals surface area contributed by atoms with Crippen LogP contribution in [0.5, 0.6) is 0 Å². The van der Waals surface area contributed by atoms with Crippen LogP contribution in [0.2, 0.25) is 5.02 Å². The number of halogens is 1. The first-order valence-corrected chi connectivity index (χ1v) is 12.7. The third-order valence-corrected chi connectivity index (χ3v) is 6.70.